The van der Waals surface area contributed by atoms with Crippen molar-refractivity contribution in [1.29, 1.82) is 0 Å². The van der Waals surface area contributed by atoms with Gasteiger partial charge >= 0.3 is 0 Å². The summed E-state index contributed by atoms with van der Waals surface area (Å²) < 4.78 is 0. The van der Waals surface area contributed by atoms with Crippen LogP contribution in [0.1, 0.15) is 32.1 Å². The van der Waals surface area contributed by atoms with Gasteiger partial charge in [-0.15, -0.1) is 24.0 Å². The largest absolute Gasteiger partial charge is 0.303 e. The lowest BCUT2D eigenvalue weighted by Gasteiger charge is -2.18. The van der Waals surface area contributed by atoms with Crippen molar-refractivity contribution in [3.05, 3.63) is 0 Å². The second kappa shape index (κ2) is 8.15. The van der Waals surface area contributed by atoms with Crippen LogP contribution in [0.5, 0.6) is 0 Å². The molecule has 0 radical (unpaired) electrons. The summed E-state index contributed by atoms with van der Waals surface area (Å²) in [5.74, 6) is 0.816. The van der Waals surface area contributed by atoms with Crippen LogP contribution in [0.4, 0.5) is 0 Å². The van der Waals surface area contributed by atoms with E-state index in [1.165, 1.54) is 45.3 Å². The number of hydrogen-bond acceptors (Lipinski definition) is 1. The van der Waals surface area contributed by atoms with Crippen molar-refractivity contribution in [2.45, 2.75) is 32.1 Å². The standard InChI is InChI=1S/C9H18ClN.ClH/c10-6-5-9-11-7-3-1-2-4-8-11;/h1-9H2;1H. The van der Waals surface area contributed by atoms with E-state index in [4.69, 9.17) is 11.6 Å². The molecule has 74 valence electrons. The van der Waals surface area contributed by atoms with Crippen LogP contribution in [0.25, 0.3) is 0 Å². The van der Waals surface area contributed by atoms with Gasteiger partial charge in [-0.05, 0) is 38.9 Å². The van der Waals surface area contributed by atoms with Crippen molar-refractivity contribution in [3.8, 4) is 0 Å². The van der Waals surface area contributed by atoms with Gasteiger partial charge < -0.3 is 4.90 Å². The fraction of sp³-hybridized carbons (Fsp3) is 1.00. The summed E-state index contributed by atoms with van der Waals surface area (Å²) in [6, 6.07) is 0. The predicted molar refractivity (Wildman–Crippen MR) is 57.5 cm³/mol. The molecule has 0 spiro atoms. The van der Waals surface area contributed by atoms with Gasteiger partial charge in [-0.3, -0.25) is 0 Å². The molecule has 0 saturated carbocycles. The van der Waals surface area contributed by atoms with Gasteiger partial charge in [-0.1, -0.05) is 12.8 Å². The van der Waals surface area contributed by atoms with Gasteiger partial charge in [0.05, 0.1) is 0 Å². The maximum absolute atomic E-state index is 5.63. The minimum absolute atomic E-state index is 0. The normalized spacial score (nSPS) is 19.8. The van der Waals surface area contributed by atoms with E-state index in [1.807, 2.05) is 0 Å². The van der Waals surface area contributed by atoms with E-state index in [-0.39, 0.29) is 12.4 Å². The van der Waals surface area contributed by atoms with Crippen molar-refractivity contribution < 1.29 is 0 Å². The van der Waals surface area contributed by atoms with Gasteiger partial charge in [-0.2, -0.15) is 0 Å². The Kier molecular flexibility index (Phi) is 8.52. The molecule has 0 aromatic rings. The van der Waals surface area contributed by atoms with Gasteiger partial charge in [0.1, 0.15) is 0 Å². The molecule has 0 unspecified atom stereocenters. The van der Waals surface area contributed by atoms with E-state index in [1.54, 1.807) is 0 Å². The van der Waals surface area contributed by atoms with Crippen LogP contribution in [0.15, 0.2) is 0 Å². The van der Waals surface area contributed by atoms with Crippen LogP contribution in [0.2, 0.25) is 0 Å². The highest BCUT2D eigenvalue weighted by molar-refractivity contribution is 6.17. The quantitative estimate of drug-likeness (QED) is 0.650. The molecule has 0 amide bonds. The molecule has 1 rings (SSSR count). The lowest BCUT2D eigenvalue weighted by molar-refractivity contribution is 0.286. The molecule has 0 N–H and O–H groups in total. The summed E-state index contributed by atoms with van der Waals surface area (Å²) in [6.07, 6.45) is 6.79. The topological polar surface area (TPSA) is 3.24 Å². The van der Waals surface area contributed by atoms with Crippen molar-refractivity contribution in [2.75, 3.05) is 25.5 Å². The summed E-state index contributed by atoms with van der Waals surface area (Å²) >= 11 is 5.63. The van der Waals surface area contributed by atoms with Crippen molar-refractivity contribution in [3.63, 3.8) is 0 Å². The Balaban J connectivity index is 0.00000121. The molecule has 0 atom stereocenters. The molecule has 1 aliphatic heterocycles. The first-order chi connectivity index (χ1) is 5.43. The first-order valence-corrected chi connectivity index (χ1v) is 5.25. The van der Waals surface area contributed by atoms with Crippen molar-refractivity contribution >= 4 is 24.0 Å². The first-order valence-electron chi connectivity index (χ1n) is 4.72. The third-order valence-corrected chi connectivity index (χ3v) is 2.57. The zero-order valence-corrected chi connectivity index (χ0v) is 9.17. The van der Waals surface area contributed by atoms with E-state index < -0.39 is 0 Å². The molecule has 0 aromatic heterocycles. The summed E-state index contributed by atoms with van der Waals surface area (Å²) in [5.41, 5.74) is 0. The summed E-state index contributed by atoms with van der Waals surface area (Å²) in [5, 5.41) is 0. The number of hydrogen-bond donors (Lipinski definition) is 0. The SMILES string of the molecule is Cl.ClCCCN1CCCCCC1. The Morgan fingerprint density at radius 2 is 1.58 bits per heavy atom. The lowest BCUT2D eigenvalue weighted by Crippen LogP contribution is -2.25. The van der Waals surface area contributed by atoms with Crippen LogP contribution >= 0.6 is 24.0 Å². The monoisotopic (exact) mass is 211 g/mol. The van der Waals surface area contributed by atoms with Crippen LogP contribution in [0.3, 0.4) is 0 Å². The molecule has 0 aromatic carbocycles. The van der Waals surface area contributed by atoms with Crippen LogP contribution in [-0.2, 0) is 0 Å². The van der Waals surface area contributed by atoms with Gasteiger partial charge in [-0.25, -0.2) is 0 Å². The number of nitrogens with zero attached hydrogens (tertiary/aromatic N) is 1. The van der Waals surface area contributed by atoms with Crippen LogP contribution < -0.4 is 0 Å². The average molecular weight is 212 g/mol. The second-order valence-corrected chi connectivity index (χ2v) is 3.68. The lowest BCUT2D eigenvalue weighted by atomic mass is 10.2. The van der Waals surface area contributed by atoms with Gasteiger partial charge in [0, 0.05) is 5.88 Å². The second-order valence-electron chi connectivity index (χ2n) is 3.30. The smallest absolute Gasteiger partial charge is 0.0235 e. The molecule has 0 aliphatic carbocycles. The van der Waals surface area contributed by atoms with Crippen molar-refractivity contribution in [1.82, 2.24) is 4.90 Å². The Morgan fingerprint density at radius 1 is 1.00 bits per heavy atom. The van der Waals surface area contributed by atoms with Crippen molar-refractivity contribution in [2.24, 2.45) is 0 Å². The van der Waals surface area contributed by atoms with E-state index in [9.17, 15) is 0 Å². The average Bonchev–Trinajstić information content (AvgIpc) is 2.28. The first kappa shape index (κ1) is 12.5. The molecule has 1 fully saturated rings. The predicted octanol–water partition coefficient (Wildman–Crippen LogP) is 2.91. The highest BCUT2D eigenvalue weighted by Crippen LogP contribution is 2.09. The molecule has 1 saturated heterocycles. The van der Waals surface area contributed by atoms with E-state index >= 15 is 0 Å². The maximum Gasteiger partial charge on any atom is 0.0235 e. The molecule has 3 heteroatoms. The fourth-order valence-corrected chi connectivity index (χ4v) is 1.76. The molecular formula is C9H19Cl2N. The molecular weight excluding hydrogens is 193 g/mol. The van der Waals surface area contributed by atoms with E-state index in [2.05, 4.69) is 4.90 Å². The summed E-state index contributed by atoms with van der Waals surface area (Å²) in [4.78, 5) is 2.55. The zero-order valence-electron chi connectivity index (χ0n) is 7.60. The highest BCUT2D eigenvalue weighted by Gasteiger charge is 2.06. The molecule has 0 bridgehead atoms. The number of halogens is 2. The number of rotatable bonds is 3. The third kappa shape index (κ3) is 5.23. The van der Waals surface area contributed by atoms with Crippen LogP contribution in [0, 0.1) is 0 Å². The van der Waals surface area contributed by atoms with Gasteiger partial charge in [0.2, 0.25) is 0 Å². The minimum atomic E-state index is 0. The number of alkyl halides is 1. The Bertz CT molecular complexity index is 90.5. The summed E-state index contributed by atoms with van der Waals surface area (Å²) in [6.45, 7) is 3.82. The minimum Gasteiger partial charge on any atom is -0.303 e. The fourth-order valence-electron chi connectivity index (χ4n) is 1.64. The third-order valence-electron chi connectivity index (χ3n) is 2.31. The zero-order chi connectivity index (χ0) is 7.94. The molecule has 1 nitrogen and oxygen atoms in total. The molecule has 1 aliphatic rings. The Labute approximate surface area is 86.9 Å². The van der Waals surface area contributed by atoms with Crippen LogP contribution in [-0.4, -0.2) is 30.4 Å². The highest BCUT2D eigenvalue weighted by atomic mass is 35.5. The van der Waals surface area contributed by atoms with Gasteiger partial charge in [0.15, 0.2) is 0 Å². The molecule has 1 heterocycles. The Morgan fingerprint density at radius 3 is 2.08 bits per heavy atom. The number of likely N-dealkylation sites (tertiary alicyclic amines) is 1. The van der Waals surface area contributed by atoms with E-state index in [0.717, 1.165) is 12.3 Å². The Hall–Kier alpha value is 0.540. The maximum atomic E-state index is 5.63. The van der Waals surface area contributed by atoms with E-state index in [0.29, 0.717) is 0 Å². The van der Waals surface area contributed by atoms with Gasteiger partial charge in [0.25, 0.3) is 0 Å². The summed E-state index contributed by atoms with van der Waals surface area (Å²) in [7, 11) is 0. The molecule has 12 heavy (non-hydrogen) atoms.